The molecule has 2 fully saturated rings. The largest absolute Gasteiger partial charge is 0.392 e. The first-order valence-corrected chi connectivity index (χ1v) is 14.3. The minimum absolute atomic E-state index is 0.0481. The summed E-state index contributed by atoms with van der Waals surface area (Å²) >= 11 is 3.71. The first-order valence-electron chi connectivity index (χ1n) is 12.5. The minimum atomic E-state index is -0.447. The molecule has 1 aromatic carbocycles. The average Bonchev–Trinajstić information content (AvgIpc) is 3.47. The van der Waals surface area contributed by atoms with Crippen LogP contribution in [-0.4, -0.2) is 40.1 Å². The fraction of sp³-hybridized carbons (Fsp3) is 0.630. The van der Waals surface area contributed by atoms with Gasteiger partial charge >= 0.3 is 0 Å². The summed E-state index contributed by atoms with van der Waals surface area (Å²) in [5, 5.41) is 12.8. The van der Waals surface area contributed by atoms with E-state index in [0.717, 1.165) is 50.9 Å². The van der Waals surface area contributed by atoms with E-state index in [-0.39, 0.29) is 35.0 Å². The maximum absolute atomic E-state index is 13.1. The molecule has 178 valence electrons. The smallest absolute Gasteiger partial charge is 0.225 e. The number of fused-ring (bicyclic) bond motifs is 2. The molecule has 6 heteroatoms. The number of carbonyl (C=O) groups is 1. The van der Waals surface area contributed by atoms with Crippen molar-refractivity contribution in [2.75, 3.05) is 13.1 Å². The van der Waals surface area contributed by atoms with E-state index in [4.69, 9.17) is 4.98 Å². The normalized spacial score (nSPS) is 32.3. The fourth-order valence-electron chi connectivity index (χ4n) is 6.73. The first kappa shape index (κ1) is 23.4. The van der Waals surface area contributed by atoms with Crippen molar-refractivity contribution >= 4 is 29.0 Å². The second-order valence-corrected chi connectivity index (χ2v) is 12.9. The number of aliphatic hydroxyl groups is 1. The van der Waals surface area contributed by atoms with Crippen molar-refractivity contribution in [2.24, 2.45) is 23.2 Å². The van der Waals surface area contributed by atoms with Crippen LogP contribution in [0.2, 0.25) is 0 Å². The summed E-state index contributed by atoms with van der Waals surface area (Å²) in [5.41, 5.74) is 1.28. The highest BCUT2D eigenvalue weighted by Gasteiger charge is 2.54. The van der Waals surface area contributed by atoms with E-state index in [1.807, 2.05) is 28.0 Å². The van der Waals surface area contributed by atoms with E-state index in [1.165, 1.54) is 20.5 Å². The monoisotopic (exact) mass is 484 g/mol. The Bertz CT molecular complexity index is 987. The Balaban J connectivity index is 1.33. The molecule has 2 aliphatic carbocycles. The van der Waals surface area contributed by atoms with Gasteiger partial charge in [0.15, 0.2) is 0 Å². The molecule has 5 rings (SSSR count). The van der Waals surface area contributed by atoms with Crippen LogP contribution < -0.4 is 0 Å². The number of thiazole rings is 1. The summed E-state index contributed by atoms with van der Waals surface area (Å²) in [6.07, 6.45) is 4.79. The van der Waals surface area contributed by atoms with Crippen molar-refractivity contribution < 1.29 is 9.90 Å². The van der Waals surface area contributed by atoms with Gasteiger partial charge in [0, 0.05) is 34.7 Å². The molecule has 1 aromatic heterocycles. The van der Waals surface area contributed by atoms with Gasteiger partial charge in [-0.25, -0.2) is 4.98 Å². The molecule has 33 heavy (non-hydrogen) atoms. The Labute approximate surface area is 206 Å². The van der Waals surface area contributed by atoms with Gasteiger partial charge in [-0.1, -0.05) is 39.0 Å². The average molecular weight is 485 g/mol. The van der Waals surface area contributed by atoms with Crippen LogP contribution in [0.1, 0.15) is 68.0 Å². The first-order chi connectivity index (χ1) is 15.9. The number of hydrogen-bond donors (Lipinski definition) is 1. The molecular weight excluding hydrogens is 448 g/mol. The third-order valence-electron chi connectivity index (χ3n) is 8.52. The topological polar surface area (TPSA) is 53.4 Å². The summed E-state index contributed by atoms with van der Waals surface area (Å²) in [6.45, 7) is 8.44. The molecule has 0 unspecified atom stereocenters. The molecule has 2 aromatic rings. The summed E-state index contributed by atoms with van der Waals surface area (Å²) in [5.74, 6) is 1.46. The number of hydrogen-bond acceptors (Lipinski definition) is 5. The Hall–Kier alpha value is -1.37. The lowest BCUT2D eigenvalue weighted by atomic mass is 9.53. The maximum Gasteiger partial charge on any atom is 0.225 e. The lowest BCUT2D eigenvalue weighted by molar-refractivity contribution is -0.143. The number of nitrogens with zero attached hydrogens (tertiary/aromatic N) is 2. The third-order valence-corrected chi connectivity index (χ3v) is 10.8. The van der Waals surface area contributed by atoms with Crippen LogP contribution in [0.15, 0.2) is 35.2 Å². The van der Waals surface area contributed by atoms with Crippen LogP contribution in [0, 0.1) is 23.2 Å². The molecule has 0 bridgehead atoms. The quantitative estimate of drug-likeness (QED) is 0.549. The summed E-state index contributed by atoms with van der Waals surface area (Å²) in [4.78, 5) is 22.9. The van der Waals surface area contributed by atoms with Crippen molar-refractivity contribution in [3.05, 3.63) is 45.9 Å². The zero-order valence-corrected chi connectivity index (χ0v) is 21.6. The van der Waals surface area contributed by atoms with Crippen LogP contribution in [0.3, 0.4) is 0 Å². The van der Waals surface area contributed by atoms with Crippen LogP contribution in [-0.2, 0) is 17.0 Å². The van der Waals surface area contributed by atoms with Crippen molar-refractivity contribution in [2.45, 2.75) is 75.5 Å². The van der Waals surface area contributed by atoms with Crippen LogP contribution >= 0.6 is 23.1 Å². The number of likely N-dealkylation sites (tertiary alicyclic amines) is 1. The standard InChI is InChI=1S/C27H36N2O2S2/c1-17(26(31)29-13-7-8-14-29)20-11-12-27(3)15-21-24(18(2)23(27)25(20)30)28-22(33-21)16-32-19-9-5-4-6-10-19/h4-6,9-10,17-18,20,23,25,30H,7-8,11-16H2,1-3H3/t17-,18+,20-,23+,25-,27+/m0/s1. The molecule has 1 saturated carbocycles. The highest BCUT2D eigenvalue weighted by atomic mass is 32.2. The summed E-state index contributed by atoms with van der Waals surface area (Å²) in [7, 11) is 0. The van der Waals surface area contributed by atoms with Gasteiger partial charge in [0.1, 0.15) is 5.01 Å². The van der Waals surface area contributed by atoms with E-state index in [9.17, 15) is 9.90 Å². The molecule has 1 amide bonds. The zero-order valence-electron chi connectivity index (χ0n) is 20.0. The second-order valence-electron chi connectivity index (χ2n) is 10.7. The van der Waals surface area contributed by atoms with Gasteiger partial charge in [-0.15, -0.1) is 23.1 Å². The third kappa shape index (κ3) is 4.39. The second kappa shape index (κ2) is 9.35. The van der Waals surface area contributed by atoms with Crippen molar-refractivity contribution in [1.29, 1.82) is 0 Å². The predicted molar refractivity (Wildman–Crippen MR) is 136 cm³/mol. The Morgan fingerprint density at radius 1 is 1.30 bits per heavy atom. The van der Waals surface area contributed by atoms with Gasteiger partial charge in [-0.05, 0) is 61.5 Å². The Morgan fingerprint density at radius 2 is 2.03 bits per heavy atom. The maximum atomic E-state index is 13.1. The van der Waals surface area contributed by atoms with E-state index in [2.05, 4.69) is 51.1 Å². The Morgan fingerprint density at radius 3 is 2.76 bits per heavy atom. The van der Waals surface area contributed by atoms with Gasteiger partial charge < -0.3 is 10.0 Å². The van der Waals surface area contributed by atoms with Gasteiger partial charge in [-0.3, -0.25) is 4.79 Å². The lowest BCUT2D eigenvalue weighted by Crippen LogP contribution is -2.53. The van der Waals surface area contributed by atoms with Gasteiger partial charge in [0.05, 0.1) is 17.6 Å². The number of aromatic nitrogens is 1. The number of aliphatic hydroxyl groups excluding tert-OH is 1. The highest BCUT2D eigenvalue weighted by Crippen LogP contribution is 2.57. The van der Waals surface area contributed by atoms with Crippen molar-refractivity contribution in [1.82, 2.24) is 9.88 Å². The number of carbonyl (C=O) groups excluding carboxylic acids is 1. The van der Waals surface area contributed by atoms with Gasteiger partial charge in [-0.2, -0.15) is 0 Å². The zero-order chi connectivity index (χ0) is 23.2. The van der Waals surface area contributed by atoms with Crippen LogP contribution in [0.4, 0.5) is 0 Å². The lowest BCUT2D eigenvalue weighted by Gasteiger charge is -2.53. The minimum Gasteiger partial charge on any atom is -0.392 e. The summed E-state index contributed by atoms with van der Waals surface area (Å²) in [6, 6.07) is 10.5. The number of rotatable bonds is 5. The fourth-order valence-corrected chi connectivity index (χ4v) is 9.01. The van der Waals surface area contributed by atoms with E-state index in [1.54, 1.807) is 0 Å². The molecule has 1 aliphatic heterocycles. The molecule has 0 radical (unpaired) electrons. The van der Waals surface area contributed by atoms with Crippen molar-refractivity contribution in [3.8, 4) is 0 Å². The van der Waals surface area contributed by atoms with Crippen LogP contribution in [0.25, 0.3) is 0 Å². The van der Waals surface area contributed by atoms with E-state index < -0.39 is 6.10 Å². The summed E-state index contributed by atoms with van der Waals surface area (Å²) < 4.78 is 0. The van der Waals surface area contributed by atoms with E-state index in [0.29, 0.717) is 0 Å². The molecule has 1 saturated heterocycles. The van der Waals surface area contributed by atoms with Crippen molar-refractivity contribution in [3.63, 3.8) is 0 Å². The molecule has 0 spiro atoms. The number of benzene rings is 1. The Kier molecular flexibility index (Phi) is 6.62. The predicted octanol–water partition coefficient (Wildman–Crippen LogP) is 5.75. The SMILES string of the molecule is C[C@H](C(=O)N1CCCC1)[C@@H]1CC[C@]2(C)Cc3sc(CSc4ccccc4)nc3[C@H](C)[C@@H]2[C@H]1O. The molecule has 4 nitrogen and oxygen atoms in total. The molecule has 6 atom stereocenters. The molecule has 1 N–H and O–H groups in total. The molecule has 2 heterocycles. The van der Waals surface area contributed by atoms with Gasteiger partial charge in [0.25, 0.3) is 0 Å². The highest BCUT2D eigenvalue weighted by molar-refractivity contribution is 7.98. The molecular formula is C27H36N2O2S2. The number of amides is 1. The van der Waals surface area contributed by atoms with E-state index >= 15 is 0 Å². The molecule has 3 aliphatic rings. The van der Waals surface area contributed by atoms with Gasteiger partial charge in [0.2, 0.25) is 5.91 Å². The van der Waals surface area contributed by atoms with Crippen LogP contribution in [0.5, 0.6) is 0 Å². The number of thioether (sulfide) groups is 1.